The second kappa shape index (κ2) is 10.2. The zero-order chi connectivity index (χ0) is 25.4. The first kappa shape index (κ1) is 26.2. The third-order valence-electron chi connectivity index (χ3n) is 6.67. The number of rotatable bonds is 8. The molecule has 1 saturated carbocycles. The lowest BCUT2D eigenvalue weighted by Gasteiger charge is -2.39. The highest BCUT2D eigenvalue weighted by Crippen LogP contribution is 2.45. The van der Waals surface area contributed by atoms with E-state index >= 15 is 0 Å². The number of benzene rings is 2. The average Bonchev–Trinajstić information content (AvgIpc) is 3.61. The summed E-state index contributed by atoms with van der Waals surface area (Å²) in [5, 5.41) is 1.10. The highest BCUT2D eigenvalue weighted by Gasteiger charge is 2.33. The number of amides is 1. The van der Waals surface area contributed by atoms with E-state index in [1.54, 1.807) is 0 Å². The summed E-state index contributed by atoms with van der Waals surface area (Å²) in [5.41, 5.74) is 1.51. The summed E-state index contributed by atoms with van der Waals surface area (Å²) in [6.45, 7) is 5.19. The van der Waals surface area contributed by atoms with Gasteiger partial charge in [-0.25, -0.2) is 17.5 Å². The third-order valence-corrected chi connectivity index (χ3v) is 7.96. The summed E-state index contributed by atoms with van der Waals surface area (Å²) in [6, 6.07) is 8.35. The van der Waals surface area contributed by atoms with Gasteiger partial charge >= 0.3 is 0 Å². The fourth-order valence-corrected chi connectivity index (χ4v) is 5.12. The predicted octanol–water partition coefficient (Wildman–Crippen LogP) is 5.38. The monoisotopic (exact) mass is 542 g/mol. The smallest absolute Gasteiger partial charge is 0.267 e. The summed E-state index contributed by atoms with van der Waals surface area (Å²) in [6.07, 6.45) is 4.56. The van der Waals surface area contributed by atoms with Crippen LogP contribution in [0, 0.1) is 11.2 Å². The molecule has 1 N–H and O–H groups in total. The van der Waals surface area contributed by atoms with Gasteiger partial charge in [0.05, 0.1) is 28.5 Å². The van der Waals surface area contributed by atoms with Crippen molar-refractivity contribution in [1.82, 2.24) is 9.62 Å². The standard InChI is InChI=1S/C25H29Cl2FN2O4S/c1-25(7-9-30(10-8-25)14-16-3-6-20(26)21(27)11-16)15-34-23-13-22(28)19(12-18(23)17-4-5-17)24(31)29-35(2,32)33/h3,6,11-13,17H,4-5,7-10,14-15H2,1-2H3,(H,29,31). The van der Waals surface area contributed by atoms with Crippen molar-refractivity contribution >= 4 is 39.1 Å². The highest BCUT2D eigenvalue weighted by molar-refractivity contribution is 7.89. The van der Waals surface area contributed by atoms with Crippen molar-refractivity contribution in [3.05, 3.63) is 62.9 Å². The van der Waals surface area contributed by atoms with Gasteiger partial charge in [0.15, 0.2) is 0 Å². The Morgan fingerprint density at radius 2 is 1.86 bits per heavy atom. The molecule has 6 nitrogen and oxygen atoms in total. The van der Waals surface area contributed by atoms with Gasteiger partial charge in [-0.05, 0) is 74.0 Å². The van der Waals surface area contributed by atoms with Gasteiger partial charge in [-0.1, -0.05) is 36.2 Å². The van der Waals surface area contributed by atoms with E-state index in [2.05, 4.69) is 11.8 Å². The lowest BCUT2D eigenvalue weighted by molar-refractivity contribution is 0.0651. The summed E-state index contributed by atoms with van der Waals surface area (Å²) in [5.74, 6) is -1.15. The number of hydrogen-bond donors (Lipinski definition) is 1. The van der Waals surface area contributed by atoms with Crippen molar-refractivity contribution in [3.8, 4) is 5.75 Å². The molecular formula is C25H29Cl2FN2O4S. The van der Waals surface area contributed by atoms with E-state index in [1.165, 1.54) is 12.1 Å². The maximum absolute atomic E-state index is 14.8. The molecule has 190 valence electrons. The van der Waals surface area contributed by atoms with Crippen LogP contribution in [-0.2, 0) is 16.6 Å². The normalized spacial score (nSPS) is 18.3. The van der Waals surface area contributed by atoms with E-state index in [-0.39, 0.29) is 16.9 Å². The van der Waals surface area contributed by atoms with Crippen LogP contribution in [0.4, 0.5) is 4.39 Å². The molecule has 0 bridgehead atoms. The second-order valence-corrected chi connectivity index (χ2v) is 12.5. The zero-order valence-electron chi connectivity index (χ0n) is 19.7. The molecule has 1 aliphatic heterocycles. The van der Waals surface area contributed by atoms with Crippen molar-refractivity contribution in [2.24, 2.45) is 5.41 Å². The topological polar surface area (TPSA) is 75.7 Å². The first-order chi connectivity index (χ1) is 16.4. The zero-order valence-corrected chi connectivity index (χ0v) is 22.1. The van der Waals surface area contributed by atoms with Crippen LogP contribution >= 0.6 is 23.2 Å². The number of nitrogens with zero attached hydrogens (tertiary/aromatic N) is 1. The van der Waals surface area contributed by atoms with Crippen molar-refractivity contribution in [3.63, 3.8) is 0 Å². The summed E-state index contributed by atoms with van der Waals surface area (Å²) in [7, 11) is -3.79. The molecule has 2 aromatic carbocycles. The van der Waals surface area contributed by atoms with Gasteiger partial charge in [-0.2, -0.15) is 0 Å². The molecule has 1 saturated heterocycles. The summed E-state index contributed by atoms with van der Waals surface area (Å²) >= 11 is 12.2. The Hall–Kier alpha value is -1.87. The second-order valence-electron chi connectivity index (χ2n) is 9.97. The first-order valence-electron chi connectivity index (χ1n) is 11.6. The number of nitrogens with one attached hydrogen (secondary N) is 1. The van der Waals surface area contributed by atoms with Gasteiger partial charge in [0.1, 0.15) is 11.6 Å². The quantitative estimate of drug-likeness (QED) is 0.484. The molecule has 2 aromatic rings. The highest BCUT2D eigenvalue weighted by atomic mass is 35.5. The van der Waals surface area contributed by atoms with E-state index in [4.69, 9.17) is 27.9 Å². The van der Waals surface area contributed by atoms with Crippen LogP contribution in [0.25, 0.3) is 0 Å². The van der Waals surface area contributed by atoms with Crippen LogP contribution in [0.15, 0.2) is 30.3 Å². The molecule has 0 aromatic heterocycles. The Morgan fingerprint density at radius 3 is 2.46 bits per heavy atom. The van der Waals surface area contributed by atoms with Crippen LogP contribution in [-0.4, -0.2) is 45.2 Å². The van der Waals surface area contributed by atoms with E-state index in [0.717, 1.165) is 62.7 Å². The molecule has 2 fully saturated rings. The third kappa shape index (κ3) is 6.88. The van der Waals surface area contributed by atoms with Crippen LogP contribution < -0.4 is 9.46 Å². The Bertz CT molecular complexity index is 1230. The van der Waals surface area contributed by atoms with Crippen LogP contribution in [0.3, 0.4) is 0 Å². The van der Waals surface area contributed by atoms with Gasteiger partial charge < -0.3 is 4.74 Å². The molecule has 0 spiro atoms. The molecule has 0 unspecified atom stereocenters. The number of halogens is 3. The van der Waals surface area contributed by atoms with Crippen molar-refractivity contribution in [1.29, 1.82) is 0 Å². The van der Waals surface area contributed by atoms with Crippen LogP contribution in [0.5, 0.6) is 5.75 Å². The molecule has 1 aliphatic carbocycles. The van der Waals surface area contributed by atoms with Crippen molar-refractivity contribution < 1.29 is 22.3 Å². The van der Waals surface area contributed by atoms with Crippen LogP contribution in [0.2, 0.25) is 10.0 Å². The van der Waals surface area contributed by atoms with Gasteiger partial charge in [0.25, 0.3) is 5.91 Å². The number of carbonyl (C=O) groups is 1. The summed E-state index contributed by atoms with van der Waals surface area (Å²) in [4.78, 5) is 14.6. The Balaban J connectivity index is 1.39. The van der Waals surface area contributed by atoms with Gasteiger partial charge in [-0.3, -0.25) is 9.69 Å². The molecule has 4 rings (SSSR count). The van der Waals surface area contributed by atoms with E-state index < -0.39 is 21.7 Å². The Kier molecular flexibility index (Phi) is 7.67. The average molecular weight is 543 g/mol. The molecule has 10 heteroatoms. The largest absolute Gasteiger partial charge is 0.493 e. The molecular weight excluding hydrogens is 514 g/mol. The maximum Gasteiger partial charge on any atom is 0.267 e. The lowest BCUT2D eigenvalue weighted by Crippen LogP contribution is -2.41. The first-order valence-corrected chi connectivity index (χ1v) is 14.2. The van der Waals surface area contributed by atoms with Gasteiger partial charge in [0, 0.05) is 18.0 Å². The number of hydrogen-bond acceptors (Lipinski definition) is 5. The fraction of sp³-hybridized carbons (Fsp3) is 0.480. The van der Waals surface area contributed by atoms with Gasteiger partial charge in [-0.15, -0.1) is 0 Å². The van der Waals surface area contributed by atoms with Gasteiger partial charge in [0.2, 0.25) is 10.0 Å². The van der Waals surface area contributed by atoms with E-state index in [1.807, 2.05) is 22.9 Å². The number of likely N-dealkylation sites (tertiary alicyclic amines) is 1. The number of sulfonamides is 1. The van der Waals surface area contributed by atoms with E-state index in [9.17, 15) is 17.6 Å². The number of ether oxygens (including phenoxy) is 1. The molecule has 1 heterocycles. The number of carbonyl (C=O) groups excluding carboxylic acids is 1. The minimum absolute atomic E-state index is 0.0717. The lowest BCUT2D eigenvalue weighted by atomic mass is 9.81. The molecule has 2 aliphatic rings. The minimum Gasteiger partial charge on any atom is -0.493 e. The molecule has 0 atom stereocenters. The predicted molar refractivity (Wildman–Crippen MR) is 135 cm³/mol. The molecule has 0 radical (unpaired) electrons. The molecule has 35 heavy (non-hydrogen) atoms. The van der Waals surface area contributed by atoms with Crippen molar-refractivity contribution in [2.75, 3.05) is 26.0 Å². The molecule has 1 amide bonds. The number of piperidine rings is 1. The maximum atomic E-state index is 14.8. The SMILES string of the molecule is CC1(COc2cc(F)c(C(=O)NS(C)(=O)=O)cc2C2CC2)CCN(Cc2ccc(Cl)c(Cl)c2)CC1. The van der Waals surface area contributed by atoms with Crippen molar-refractivity contribution in [2.45, 2.75) is 45.1 Å². The fourth-order valence-electron chi connectivity index (χ4n) is 4.35. The Morgan fingerprint density at radius 1 is 1.17 bits per heavy atom. The summed E-state index contributed by atoms with van der Waals surface area (Å²) < 4.78 is 45.5. The van der Waals surface area contributed by atoms with E-state index in [0.29, 0.717) is 22.4 Å². The Labute approximate surface area is 215 Å². The van der Waals surface area contributed by atoms with Crippen LogP contribution in [0.1, 0.15) is 60.0 Å². The minimum atomic E-state index is -3.79.